The van der Waals surface area contributed by atoms with Crippen LogP contribution in [0.15, 0.2) is 59.4 Å². The summed E-state index contributed by atoms with van der Waals surface area (Å²) in [6.07, 6.45) is 0. The maximum Gasteiger partial charge on any atom is 0.251 e. The van der Waals surface area contributed by atoms with Gasteiger partial charge in [0.25, 0.3) is 5.56 Å². The molecule has 0 bridgehead atoms. The van der Waals surface area contributed by atoms with Crippen LogP contribution in [0.5, 0.6) is 0 Å². The monoisotopic (exact) mass is 306 g/mol. The van der Waals surface area contributed by atoms with Crippen molar-refractivity contribution in [2.45, 2.75) is 32.9 Å². The third kappa shape index (κ3) is 3.20. The molecule has 3 heteroatoms. The van der Waals surface area contributed by atoms with E-state index in [1.54, 1.807) is 6.07 Å². The standard InChI is InChI=1S/C20H22N2O/c1-14(2)17-7-9-19-18(11-17)8-10-20(23)22(19)13-16-5-3-15(12-21)4-6-16/h3-11,14H,12-13,21H2,1-2H3. The lowest BCUT2D eigenvalue weighted by atomic mass is 10.0. The van der Waals surface area contributed by atoms with Crippen LogP contribution in [-0.4, -0.2) is 4.57 Å². The minimum atomic E-state index is 0.0256. The van der Waals surface area contributed by atoms with Crippen molar-refractivity contribution >= 4 is 10.9 Å². The summed E-state index contributed by atoms with van der Waals surface area (Å²) in [5.41, 5.74) is 10.1. The van der Waals surface area contributed by atoms with E-state index in [0.717, 1.165) is 22.0 Å². The van der Waals surface area contributed by atoms with Gasteiger partial charge >= 0.3 is 0 Å². The highest BCUT2D eigenvalue weighted by molar-refractivity contribution is 5.80. The van der Waals surface area contributed by atoms with Gasteiger partial charge in [0, 0.05) is 12.6 Å². The van der Waals surface area contributed by atoms with Gasteiger partial charge in [0.1, 0.15) is 0 Å². The summed E-state index contributed by atoms with van der Waals surface area (Å²) in [5.74, 6) is 0.476. The maximum absolute atomic E-state index is 12.3. The Morgan fingerprint density at radius 3 is 2.30 bits per heavy atom. The molecular weight excluding hydrogens is 284 g/mol. The van der Waals surface area contributed by atoms with Gasteiger partial charge in [-0.15, -0.1) is 0 Å². The van der Waals surface area contributed by atoms with Crippen LogP contribution in [0.2, 0.25) is 0 Å². The highest BCUT2D eigenvalue weighted by Crippen LogP contribution is 2.21. The SMILES string of the molecule is CC(C)c1ccc2c(ccc(=O)n2Cc2ccc(CN)cc2)c1. The van der Waals surface area contributed by atoms with Crippen molar-refractivity contribution in [3.8, 4) is 0 Å². The van der Waals surface area contributed by atoms with Gasteiger partial charge in [-0.25, -0.2) is 0 Å². The van der Waals surface area contributed by atoms with Crippen molar-refractivity contribution < 1.29 is 0 Å². The zero-order valence-corrected chi connectivity index (χ0v) is 13.6. The summed E-state index contributed by atoms with van der Waals surface area (Å²) in [5, 5.41) is 1.11. The van der Waals surface area contributed by atoms with Crippen molar-refractivity contribution in [1.82, 2.24) is 4.57 Å². The first-order valence-corrected chi connectivity index (χ1v) is 8.00. The van der Waals surface area contributed by atoms with Crippen LogP contribution in [0.3, 0.4) is 0 Å². The number of pyridine rings is 1. The minimum absolute atomic E-state index is 0.0256. The Hall–Kier alpha value is -2.39. The second-order valence-corrected chi connectivity index (χ2v) is 6.25. The molecule has 0 aliphatic carbocycles. The average Bonchev–Trinajstić information content (AvgIpc) is 2.57. The molecule has 2 aromatic carbocycles. The van der Waals surface area contributed by atoms with Crippen LogP contribution in [0.4, 0.5) is 0 Å². The van der Waals surface area contributed by atoms with Crippen LogP contribution in [-0.2, 0) is 13.1 Å². The van der Waals surface area contributed by atoms with Crippen LogP contribution in [0, 0.1) is 0 Å². The van der Waals surface area contributed by atoms with E-state index in [4.69, 9.17) is 5.73 Å². The molecule has 1 aromatic heterocycles. The van der Waals surface area contributed by atoms with Gasteiger partial charge in [0.05, 0.1) is 12.1 Å². The van der Waals surface area contributed by atoms with Gasteiger partial charge in [0.15, 0.2) is 0 Å². The molecule has 3 nitrogen and oxygen atoms in total. The Kier molecular flexibility index (Phi) is 4.30. The number of aromatic nitrogens is 1. The zero-order chi connectivity index (χ0) is 16.4. The fourth-order valence-corrected chi connectivity index (χ4v) is 2.81. The van der Waals surface area contributed by atoms with Gasteiger partial charge in [0.2, 0.25) is 0 Å². The highest BCUT2D eigenvalue weighted by Gasteiger charge is 2.06. The first-order valence-electron chi connectivity index (χ1n) is 8.00. The van der Waals surface area contributed by atoms with Crippen LogP contribution in [0.1, 0.15) is 36.5 Å². The van der Waals surface area contributed by atoms with Gasteiger partial charge in [-0.05, 0) is 46.2 Å². The maximum atomic E-state index is 12.3. The lowest BCUT2D eigenvalue weighted by molar-refractivity contribution is 0.792. The van der Waals surface area contributed by atoms with Crippen molar-refractivity contribution in [3.05, 3.63) is 81.6 Å². The molecule has 0 fully saturated rings. The van der Waals surface area contributed by atoms with Crippen molar-refractivity contribution in [2.24, 2.45) is 5.73 Å². The molecule has 0 aliphatic heterocycles. The molecule has 0 saturated heterocycles. The second kappa shape index (κ2) is 6.39. The predicted octanol–water partition coefficient (Wildman–Crippen LogP) is 3.63. The number of nitrogens with zero attached hydrogens (tertiary/aromatic N) is 1. The van der Waals surface area contributed by atoms with Gasteiger partial charge in [-0.1, -0.05) is 44.2 Å². The Bertz CT molecular complexity index is 876. The molecule has 0 spiro atoms. The smallest absolute Gasteiger partial charge is 0.251 e. The molecular formula is C20H22N2O. The largest absolute Gasteiger partial charge is 0.326 e. The molecule has 0 radical (unpaired) electrons. The topological polar surface area (TPSA) is 48.0 Å². The quantitative estimate of drug-likeness (QED) is 0.800. The number of rotatable bonds is 4. The van der Waals surface area contributed by atoms with Crippen molar-refractivity contribution in [1.29, 1.82) is 0 Å². The summed E-state index contributed by atoms with van der Waals surface area (Å²) < 4.78 is 1.83. The molecule has 0 saturated carbocycles. The first-order chi connectivity index (χ1) is 11.1. The molecule has 0 unspecified atom stereocenters. The van der Waals surface area contributed by atoms with Gasteiger partial charge < -0.3 is 10.3 Å². The average molecular weight is 306 g/mol. The second-order valence-electron chi connectivity index (χ2n) is 6.25. The normalized spacial score (nSPS) is 11.3. The van der Waals surface area contributed by atoms with Crippen LogP contribution < -0.4 is 11.3 Å². The third-order valence-electron chi connectivity index (χ3n) is 4.28. The molecule has 0 amide bonds. The zero-order valence-electron chi connectivity index (χ0n) is 13.6. The van der Waals surface area contributed by atoms with E-state index >= 15 is 0 Å². The lowest BCUT2D eigenvalue weighted by Crippen LogP contribution is -2.20. The molecule has 0 atom stereocenters. The Morgan fingerprint density at radius 2 is 1.65 bits per heavy atom. The summed E-state index contributed by atoms with van der Waals surface area (Å²) in [7, 11) is 0. The van der Waals surface area contributed by atoms with E-state index in [-0.39, 0.29) is 5.56 Å². The number of fused-ring (bicyclic) bond motifs is 1. The summed E-state index contributed by atoms with van der Waals surface area (Å²) in [6.45, 7) is 5.46. The van der Waals surface area contributed by atoms with Crippen molar-refractivity contribution in [3.63, 3.8) is 0 Å². The number of hydrogen-bond acceptors (Lipinski definition) is 2. The van der Waals surface area contributed by atoms with E-state index in [1.807, 2.05) is 34.9 Å². The van der Waals surface area contributed by atoms with E-state index in [9.17, 15) is 4.79 Å². The summed E-state index contributed by atoms with van der Waals surface area (Å²) in [4.78, 5) is 12.3. The Morgan fingerprint density at radius 1 is 0.957 bits per heavy atom. The fraction of sp³-hybridized carbons (Fsp3) is 0.250. The van der Waals surface area contributed by atoms with E-state index < -0.39 is 0 Å². The van der Waals surface area contributed by atoms with Crippen LogP contribution >= 0.6 is 0 Å². The van der Waals surface area contributed by atoms with Crippen LogP contribution in [0.25, 0.3) is 10.9 Å². The molecule has 118 valence electrons. The lowest BCUT2D eigenvalue weighted by Gasteiger charge is -2.13. The van der Waals surface area contributed by atoms with Crippen molar-refractivity contribution in [2.75, 3.05) is 0 Å². The molecule has 2 N–H and O–H groups in total. The number of hydrogen-bond donors (Lipinski definition) is 1. The fourth-order valence-electron chi connectivity index (χ4n) is 2.81. The third-order valence-corrected chi connectivity index (χ3v) is 4.28. The number of benzene rings is 2. The summed E-state index contributed by atoms with van der Waals surface area (Å²) >= 11 is 0. The molecule has 23 heavy (non-hydrogen) atoms. The molecule has 1 heterocycles. The number of nitrogens with two attached hydrogens (primary N) is 1. The molecule has 3 rings (SSSR count). The van der Waals surface area contributed by atoms with E-state index in [0.29, 0.717) is 19.0 Å². The minimum Gasteiger partial charge on any atom is -0.326 e. The molecule has 0 aliphatic rings. The predicted molar refractivity (Wildman–Crippen MR) is 95.7 cm³/mol. The summed E-state index contributed by atoms with van der Waals surface area (Å²) in [6, 6.07) is 18.0. The van der Waals surface area contributed by atoms with Gasteiger partial charge in [-0.3, -0.25) is 4.79 Å². The highest BCUT2D eigenvalue weighted by atomic mass is 16.1. The van der Waals surface area contributed by atoms with E-state index in [1.165, 1.54) is 5.56 Å². The molecule has 3 aromatic rings. The Balaban J connectivity index is 2.04. The first kappa shape index (κ1) is 15.5. The Labute approximate surface area is 136 Å². The van der Waals surface area contributed by atoms with E-state index in [2.05, 4.69) is 32.0 Å². The van der Waals surface area contributed by atoms with Gasteiger partial charge in [-0.2, -0.15) is 0 Å².